The fraction of sp³-hybridized carbons (Fsp3) is 0.300. The summed E-state index contributed by atoms with van der Waals surface area (Å²) in [4.78, 5) is 17.8. The average molecular weight is 367 g/mol. The Morgan fingerprint density at radius 2 is 1.93 bits per heavy atom. The molecule has 7 heteroatoms. The summed E-state index contributed by atoms with van der Waals surface area (Å²) in [5.41, 5.74) is 3.29. The molecular weight excluding hydrogens is 345 g/mol. The lowest BCUT2D eigenvalue weighted by Gasteiger charge is -2.32. The highest BCUT2D eigenvalue weighted by atomic mass is 19.1. The fourth-order valence-corrected chi connectivity index (χ4v) is 3.42. The molecule has 1 aliphatic rings. The molecule has 1 aromatic carbocycles. The number of carbonyl (C=O) groups excluding carboxylic acids is 1. The third kappa shape index (κ3) is 3.86. The Bertz CT molecular complexity index is 922. The van der Waals surface area contributed by atoms with Crippen molar-refractivity contribution >= 4 is 11.7 Å². The van der Waals surface area contributed by atoms with Gasteiger partial charge in [0.2, 0.25) is 0 Å². The van der Waals surface area contributed by atoms with E-state index in [0.29, 0.717) is 5.69 Å². The molecule has 0 atom stereocenters. The molecule has 1 aliphatic heterocycles. The van der Waals surface area contributed by atoms with E-state index in [1.807, 2.05) is 13.0 Å². The Hall–Kier alpha value is -3.09. The number of H-pyrrole nitrogens is 2. The first-order chi connectivity index (χ1) is 13.1. The van der Waals surface area contributed by atoms with Crippen molar-refractivity contribution in [2.45, 2.75) is 25.8 Å². The number of halogens is 1. The first kappa shape index (κ1) is 17.3. The van der Waals surface area contributed by atoms with Crippen molar-refractivity contribution in [1.29, 1.82) is 0 Å². The van der Waals surface area contributed by atoms with E-state index >= 15 is 0 Å². The molecule has 3 aromatic rings. The van der Waals surface area contributed by atoms with E-state index in [0.717, 1.165) is 48.6 Å². The molecule has 1 amide bonds. The average Bonchev–Trinajstić information content (AvgIpc) is 3.32. The van der Waals surface area contributed by atoms with Gasteiger partial charge < -0.3 is 15.2 Å². The minimum atomic E-state index is -0.274. The van der Waals surface area contributed by atoms with Gasteiger partial charge in [0.25, 0.3) is 5.91 Å². The zero-order valence-electron chi connectivity index (χ0n) is 15.1. The monoisotopic (exact) mass is 367 g/mol. The van der Waals surface area contributed by atoms with Gasteiger partial charge in [-0.15, -0.1) is 0 Å². The molecule has 0 radical (unpaired) electrons. The van der Waals surface area contributed by atoms with Crippen LogP contribution in [0.25, 0.3) is 11.1 Å². The number of amides is 1. The summed E-state index contributed by atoms with van der Waals surface area (Å²) >= 11 is 0. The van der Waals surface area contributed by atoms with Gasteiger partial charge in [-0.25, -0.2) is 4.39 Å². The quantitative estimate of drug-likeness (QED) is 0.662. The SMILES string of the molecule is Cc1cc(N2CCC(NC(=O)c3cc(-c4ccc(F)cc4)c[nH]3)CC2)n[nH]1. The van der Waals surface area contributed by atoms with Crippen molar-refractivity contribution in [2.24, 2.45) is 0 Å². The standard InChI is InChI=1S/C20H22FN5O/c1-13-10-19(25-24-13)26-8-6-17(7-9-26)23-20(27)18-11-15(12-22-18)14-2-4-16(21)5-3-14/h2-5,10-12,17,22H,6-9H2,1H3,(H,23,27)(H,24,25). The highest BCUT2D eigenvalue weighted by Gasteiger charge is 2.23. The molecule has 1 saturated heterocycles. The van der Waals surface area contributed by atoms with Crippen LogP contribution in [0.5, 0.6) is 0 Å². The maximum atomic E-state index is 13.1. The molecule has 0 aliphatic carbocycles. The molecular formula is C20H22FN5O. The van der Waals surface area contributed by atoms with Crippen LogP contribution in [-0.2, 0) is 0 Å². The number of rotatable bonds is 4. The summed E-state index contributed by atoms with van der Waals surface area (Å²) in [6.45, 7) is 3.71. The van der Waals surface area contributed by atoms with Gasteiger partial charge in [-0.3, -0.25) is 9.89 Å². The number of anilines is 1. The molecule has 0 unspecified atom stereocenters. The molecule has 4 rings (SSSR count). The number of carbonyl (C=O) groups is 1. The predicted molar refractivity (Wildman–Crippen MR) is 102 cm³/mol. The van der Waals surface area contributed by atoms with Gasteiger partial charge in [-0.05, 0) is 49.1 Å². The van der Waals surface area contributed by atoms with Crippen LogP contribution in [-0.4, -0.2) is 40.2 Å². The van der Waals surface area contributed by atoms with Gasteiger partial charge in [0.05, 0.1) is 0 Å². The van der Waals surface area contributed by atoms with Gasteiger partial charge in [0.1, 0.15) is 11.5 Å². The second-order valence-corrected chi connectivity index (χ2v) is 6.95. The molecule has 3 heterocycles. The van der Waals surface area contributed by atoms with Crippen LogP contribution in [0.1, 0.15) is 29.0 Å². The first-order valence-electron chi connectivity index (χ1n) is 9.10. The van der Waals surface area contributed by atoms with Crippen molar-refractivity contribution < 1.29 is 9.18 Å². The molecule has 2 aromatic heterocycles. The van der Waals surface area contributed by atoms with Crippen molar-refractivity contribution in [3.8, 4) is 11.1 Å². The fourth-order valence-electron chi connectivity index (χ4n) is 3.42. The Labute approximate surface area is 156 Å². The predicted octanol–water partition coefficient (Wildman–Crippen LogP) is 3.25. The lowest BCUT2D eigenvalue weighted by molar-refractivity contribution is 0.0926. The number of nitrogens with zero attached hydrogens (tertiary/aromatic N) is 2. The van der Waals surface area contributed by atoms with Crippen molar-refractivity contribution in [2.75, 3.05) is 18.0 Å². The highest BCUT2D eigenvalue weighted by Crippen LogP contribution is 2.22. The third-order valence-corrected chi connectivity index (χ3v) is 4.95. The Morgan fingerprint density at radius 1 is 1.19 bits per heavy atom. The number of aromatic amines is 2. The summed E-state index contributed by atoms with van der Waals surface area (Å²) in [7, 11) is 0. The van der Waals surface area contributed by atoms with Gasteiger partial charge in [-0.1, -0.05) is 12.1 Å². The Balaban J connectivity index is 1.34. The van der Waals surface area contributed by atoms with Gasteiger partial charge in [0.15, 0.2) is 5.82 Å². The maximum Gasteiger partial charge on any atom is 0.267 e. The molecule has 0 bridgehead atoms. The van der Waals surface area contributed by atoms with Gasteiger partial charge in [0, 0.05) is 37.1 Å². The summed E-state index contributed by atoms with van der Waals surface area (Å²) < 4.78 is 13.1. The number of piperidine rings is 1. The summed E-state index contributed by atoms with van der Waals surface area (Å²) in [5.74, 6) is 0.576. The molecule has 6 nitrogen and oxygen atoms in total. The minimum Gasteiger partial charge on any atom is -0.357 e. The first-order valence-corrected chi connectivity index (χ1v) is 9.10. The lowest BCUT2D eigenvalue weighted by Crippen LogP contribution is -2.44. The number of benzene rings is 1. The summed E-state index contributed by atoms with van der Waals surface area (Å²) in [5, 5.41) is 10.4. The van der Waals surface area contributed by atoms with E-state index in [4.69, 9.17) is 0 Å². The van der Waals surface area contributed by atoms with Crippen molar-refractivity contribution in [3.05, 3.63) is 59.8 Å². The number of aryl methyl sites for hydroxylation is 1. The van der Waals surface area contributed by atoms with Crippen LogP contribution in [0.15, 0.2) is 42.6 Å². The van der Waals surface area contributed by atoms with Crippen molar-refractivity contribution in [3.63, 3.8) is 0 Å². The summed E-state index contributed by atoms with van der Waals surface area (Å²) in [6, 6.07) is 10.2. The molecule has 0 saturated carbocycles. The van der Waals surface area contributed by atoms with Crippen LogP contribution >= 0.6 is 0 Å². The van der Waals surface area contributed by atoms with E-state index in [9.17, 15) is 9.18 Å². The van der Waals surface area contributed by atoms with E-state index < -0.39 is 0 Å². The van der Waals surface area contributed by atoms with E-state index in [1.165, 1.54) is 12.1 Å². The normalized spacial score (nSPS) is 15.1. The van der Waals surface area contributed by atoms with Crippen molar-refractivity contribution in [1.82, 2.24) is 20.5 Å². The maximum absolute atomic E-state index is 13.1. The second kappa shape index (κ2) is 7.26. The Morgan fingerprint density at radius 3 is 2.59 bits per heavy atom. The zero-order chi connectivity index (χ0) is 18.8. The highest BCUT2D eigenvalue weighted by molar-refractivity contribution is 5.94. The lowest BCUT2D eigenvalue weighted by atomic mass is 10.0. The van der Waals surface area contributed by atoms with Gasteiger partial charge >= 0.3 is 0 Å². The largest absolute Gasteiger partial charge is 0.357 e. The van der Waals surface area contributed by atoms with E-state index in [-0.39, 0.29) is 17.8 Å². The minimum absolute atomic E-state index is 0.113. The van der Waals surface area contributed by atoms with Crippen LogP contribution in [0.3, 0.4) is 0 Å². The Kier molecular flexibility index (Phi) is 4.66. The molecule has 1 fully saturated rings. The number of hydrogen-bond acceptors (Lipinski definition) is 3. The number of nitrogens with one attached hydrogen (secondary N) is 3. The second-order valence-electron chi connectivity index (χ2n) is 6.95. The molecule has 0 spiro atoms. The molecule has 140 valence electrons. The third-order valence-electron chi connectivity index (χ3n) is 4.95. The molecule has 27 heavy (non-hydrogen) atoms. The van der Waals surface area contributed by atoms with Crippen LogP contribution < -0.4 is 10.2 Å². The van der Waals surface area contributed by atoms with Crippen LogP contribution in [0, 0.1) is 12.7 Å². The molecule has 3 N–H and O–H groups in total. The number of aromatic nitrogens is 3. The van der Waals surface area contributed by atoms with E-state index in [1.54, 1.807) is 24.4 Å². The van der Waals surface area contributed by atoms with E-state index in [2.05, 4.69) is 25.4 Å². The van der Waals surface area contributed by atoms with Gasteiger partial charge in [-0.2, -0.15) is 5.10 Å². The zero-order valence-corrected chi connectivity index (χ0v) is 15.1. The van der Waals surface area contributed by atoms with Crippen LogP contribution in [0.2, 0.25) is 0 Å². The topological polar surface area (TPSA) is 76.8 Å². The van der Waals surface area contributed by atoms with Crippen LogP contribution in [0.4, 0.5) is 10.2 Å². The number of hydrogen-bond donors (Lipinski definition) is 3. The summed E-state index contributed by atoms with van der Waals surface area (Å²) in [6.07, 6.45) is 3.52. The smallest absolute Gasteiger partial charge is 0.267 e.